The van der Waals surface area contributed by atoms with Crippen molar-refractivity contribution in [3.8, 4) is 11.8 Å². The Bertz CT molecular complexity index is 1090. The Labute approximate surface area is 174 Å². The van der Waals surface area contributed by atoms with Crippen LogP contribution >= 0.6 is 0 Å². The molecule has 1 aromatic heterocycles. The fourth-order valence-electron chi connectivity index (χ4n) is 3.27. The molecule has 1 aliphatic rings. The van der Waals surface area contributed by atoms with Gasteiger partial charge in [0.2, 0.25) is 5.95 Å². The van der Waals surface area contributed by atoms with E-state index in [9.17, 15) is 10.4 Å². The highest BCUT2D eigenvalue weighted by atomic mass is 16.5. The zero-order valence-corrected chi connectivity index (χ0v) is 16.3. The minimum atomic E-state index is -0.167. The second-order valence-corrected chi connectivity index (χ2v) is 6.71. The second kappa shape index (κ2) is 9.07. The quantitative estimate of drug-likeness (QED) is 0.401. The molecule has 0 atom stereocenters. The van der Waals surface area contributed by atoms with Crippen LogP contribution in [0.15, 0.2) is 72.5 Å². The van der Waals surface area contributed by atoms with E-state index in [2.05, 4.69) is 21.2 Å². The zero-order chi connectivity index (χ0) is 20.8. The molecule has 1 aliphatic heterocycles. The third-order valence-electron chi connectivity index (χ3n) is 4.78. The number of para-hydroxylation sites is 1. The predicted molar refractivity (Wildman–Crippen MR) is 115 cm³/mol. The highest BCUT2D eigenvalue weighted by molar-refractivity contribution is 5.79. The maximum atomic E-state index is 10.7. The van der Waals surface area contributed by atoms with Gasteiger partial charge in [-0.2, -0.15) is 5.26 Å². The molecule has 1 fully saturated rings. The molecule has 7 nitrogen and oxygen atoms in total. The first-order chi connectivity index (χ1) is 14.8. The number of allylic oxidation sites excluding steroid dienone is 2. The van der Waals surface area contributed by atoms with Gasteiger partial charge in [-0.1, -0.05) is 54.6 Å². The Hall–Kier alpha value is -3.89. The number of hydrogen-bond acceptors (Lipinski definition) is 6. The van der Waals surface area contributed by atoms with Gasteiger partial charge in [0, 0.05) is 13.1 Å². The van der Waals surface area contributed by atoms with E-state index in [-0.39, 0.29) is 11.3 Å². The summed E-state index contributed by atoms with van der Waals surface area (Å²) < 4.78 is 7.25. The van der Waals surface area contributed by atoms with Gasteiger partial charge in [0.1, 0.15) is 17.4 Å². The average molecular weight is 399 g/mol. The SMILES string of the molecule is N#C/C(=C(/O)C=Cc1ccccc1)c1nnc(N2CCOCC2)n1-c1ccccc1. The number of aromatic nitrogens is 3. The molecule has 0 radical (unpaired) electrons. The summed E-state index contributed by atoms with van der Waals surface area (Å²) in [6.07, 6.45) is 3.26. The van der Waals surface area contributed by atoms with Crippen LogP contribution in [0.3, 0.4) is 0 Å². The Balaban J connectivity index is 1.79. The van der Waals surface area contributed by atoms with E-state index in [1.165, 1.54) is 6.08 Å². The maximum Gasteiger partial charge on any atom is 0.232 e. The molecule has 2 aromatic carbocycles. The molecular formula is C23H21N5O2. The number of aliphatic hydroxyl groups excluding tert-OH is 1. The third kappa shape index (κ3) is 4.09. The number of rotatable bonds is 5. The molecule has 7 heteroatoms. The van der Waals surface area contributed by atoms with Crippen LogP contribution in [0, 0.1) is 11.3 Å². The second-order valence-electron chi connectivity index (χ2n) is 6.71. The number of nitrogens with zero attached hydrogens (tertiary/aromatic N) is 5. The number of anilines is 1. The lowest BCUT2D eigenvalue weighted by atomic mass is 10.1. The Morgan fingerprint density at radius 3 is 2.33 bits per heavy atom. The summed E-state index contributed by atoms with van der Waals surface area (Å²) in [5.41, 5.74) is 1.78. The molecule has 0 bridgehead atoms. The molecular weight excluding hydrogens is 378 g/mol. The molecule has 30 heavy (non-hydrogen) atoms. The molecule has 0 unspecified atom stereocenters. The summed E-state index contributed by atoms with van der Waals surface area (Å²) in [5, 5.41) is 29.1. The summed E-state index contributed by atoms with van der Waals surface area (Å²) in [6, 6.07) is 21.2. The average Bonchev–Trinajstić information content (AvgIpc) is 3.25. The van der Waals surface area contributed by atoms with Crippen molar-refractivity contribution < 1.29 is 9.84 Å². The Morgan fingerprint density at radius 2 is 1.67 bits per heavy atom. The van der Waals surface area contributed by atoms with Crippen LogP contribution in [0.25, 0.3) is 17.3 Å². The first kappa shape index (κ1) is 19.4. The molecule has 150 valence electrons. The first-order valence-electron chi connectivity index (χ1n) is 9.68. The van der Waals surface area contributed by atoms with Crippen molar-refractivity contribution in [2.75, 3.05) is 31.2 Å². The summed E-state index contributed by atoms with van der Waals surface area (Å²) in [4.78, 5) is 2.07. The lowest BCUT2D eigenvalue weighted by Gasteiger charge is -2.28. The minimum Gasteiger partial charge on any atom is -0.506 e. The number of aliphatic hydroxyl groups is 1. The lowest BCUT2D eigenvalue weighted by molar-refractivity contribution is 0.122. The van der Waals surface area contributed by atoms with Gasteiger partial charge in [0.25, 0.3) is 0 Å². The van der Waals surface area contributed by atoms with Crippen LogP contribution in [0.1, 0.15) is 11.4 Å². The zero-order valence-electron chi connectivity index (χ0n) is 16.3. The van der Waals surface area contributed by atoms with Crippen LogP contribution in [0.4, 0.5) is 5.95 Å². The fraction of sp³-hybridized carbons (Fsp3) is 0.174. The number of hydrogen-bond donors (Lipinski definition) is 1. The van der Waals surface area contributed by atoms with Gasteiger partial charge in [-0.15, -0.1) is 10.2 Å². The highest BCUT2D eigenvalue weighted by Gasteiger charge is 2.24. The standard InChI is InChI=1S/C23H21N5O2/c24-17-20(21(29)12-11-18-7-3-1-4-8-18)22-25-26-23(27-13-15-30-16-14-27)28(22)19-9-5-2-6-10-19/h1-12,29H,13-16H2/b12-11?,21-20-. The summed E-state index contributed by atoms with van der Waals surface area (Å²) in [6.45, 7) is 2.55. The summed E-state index contributed by atoms with van der Waals surface area (Å²) in [7, 11) is 0. The van der Waals surface area contributed by atoms with E-state index in [0.29, 0.717) is 38.1 Å². The van der Waals surface area contributed by atoms with E-state index in [1.54, 1.807) is 10.6 Å². The number of morpholine rings is 1. The minimum absolute atomic E-state index is 0.0537. The topological polar surface area (TPSA) is 87.2 Å². The molecule has 3 aromatic rings. The Morgan fingerprint density at radius 1 is 1.00 bits per heavy atom. The molecule has 0 saturated carbocycles. The van der Waals surface area contributed by atoms with Crippen LogP contribution in [0.2, 0.25) is 0 Å². The normalized spacial score (nSPS) is 15.1. The molecule has 0 amide bonds. The number of benzene rings is 2. The van der Waals surface area contributed by atoms with Crippen molar-refractivity contribution in [3.05, 3.63) is 83.9 Å². The number of nitriles is 1. The summed E-state index contributed by atoms with van der Waals surface area (Å²) >= 11 is 0. The number of ether oxygens (including phenoxy) is 1. The molecule has 2 heterocycles. The van der Waals surface area contributed by atoms with Crippen molar-refractivity contribution in [2.45, 2.75) is 0 Å². The van der Waals surface area contributed by atoms with Gasteiger partial charge in [-0.05, 0) is 23.8 Å². The van der Waals surface area contributed by atoms with Crippen molar-refractivity contribution in [3.63, 3.8) is 0 Å². The molecule has 0 aliphatic carbocycles. The van der Waals surface area contributed by atoms with Crippen LogP contribution in [0.5, 0.6) is 0 Å². The van der Waals surface area contributed by atoms with Crippen molar-refractivity contribution >= 4 is 17.6 Å². The summed E-state index contributed by atoms with van der Waals surface area (Å²) in [5.74, 6) is 0.743. The molecule has 1 N–H and O–H groups in total. The maximum absolute atomic E-state index is 10.7. The van der Waals surface area contributed by atoms with Crippen LogP contribution in [-0.2, 0) is 4.74 Å². The smallest absolute Gasteiger partial charge is 0.232 e. The van der Waals surface area contributed by atoms with E-state index in [1.807, 2.05) is 60.7 Å². The van der Waals surface area contributed by atoms with E-state index in [0.717, 1.165) is 11.3 Å². The molecule has 1 saturated heterocycles. The van der Waals surface area contributed by atoms with Crippen LogP contribution < -0.4 is 4.90 Å². The van der Waals surface area contributed by atoms with E-state index >= 15 is 0 Å². The fourth-order valence-corrected chi connectivity index (χ4v) is 3.27. The predicted octanol–water partition coefficient (Wildman–Crippen LogP) is 3.61. The monoisotopic (exact) mass is 399 g/mol. The van der Waals surface area contributed by atoms with Crippen molar-refractivity contribution in [1.82, 2.24) is 14.8 Å². The highest BCUT2D eigenvalue weighted by Crippen LogP contribution is 2.26. The van der Waals surface area contributed by atoms with Gasteiger partial charge in [0.05, 0.1) is 18.9 Å². The van der Waals surface area contributed by atoms with Gasteiger partial charge in [-0.3, -0.25) is 4.57 Å². The largest absolute Gasteiger partial charge is 0.506 e. The first-order valence-corrected chi connectivity index (χ1v) is 9.68. The lowest BCUT2D eigenvalue weighted by Crippen LogP contribution is -2.38. The third-order valence-corrected chi connectivity index (χ3v) is 4.78. The van der Waals surface area contributed by atoms with E-state index < -0.39 is 0 Å². The Kier molecular flexibility index (Phi) is 5.88. The van der Waals surface area contributed by atoms with Gasteiger partial charge >= 0.3 is 0 Å². The van der Waals surface area contributed by atoms with Gasteiger partial charge in [-0.25, -0.2) is 0 Å². The van der Waals surface area contributed by atoms with Gasteiger partial charge in [0.15, 0.2) is 5.82 Å². The van der Waals surface area contributed by atoms with Crippen molar-refractivity contribution in [1.29, 1.82) is 5.26 Å². The van der Waals surface area contributed by atoms with Gasteiger partial charge < -0.3 is 14.7 Å². The van der Waals surface area contributed by atoms with Crippen molar-refractivity contribution in [2.24, 2.45) is 0 Å². The molecule has 0 spiro atoms. The van der Waals surface area contributed by atoms with Crippen LogP contribution in [-0.4, -0.2) is 46.2 Å². The molecule has 4 rings (SSSR count). The van der Waals surface area contributed by atoms with E-state index in [4.69, 9.17) is 4.74 Å².